The van der Waals surface area contributed by atoms with Crippen molar-refractivity contribution in [1.29, 1.82) is 5.26 Å². The Labute approximate surface area is 189 Å². The first-order chi connectivity index (χ1) is 15.7. The molecule has 172 valence electrons. The first-order valence-corrected chi connectivity index (χ1v) is 11.0. The van der Waals surface area contributed by atoms with Crippen LogP contribution in [0.3, 0.4) is 0 Å². The molecule has 1 amide bonds. The van der Waals surface area contributed by atoms with Gasteiger partial charge in [0.25, 0.3) is 11.6 Å². The Morgan fingerprint density at radius 2 is 1.85 bits per heavy atom. The van der Waals surface area contributed by atoms with Crippen molar-refractivity contribution in [3.63, 3.8) is 0 Å². The van der Waals surface area contributed by atoms with Gasteiger partial charge in [-0.3, -0.25) is 14.9 Å². The van der Waals surface area contributed by atoms with Crippen molar-refractivity contribution in [2.24, 2.45) is 0 Å². The number of amides is 1. The van der Waals surface area contributed by atoms with E-state index in [9.17, 15) is 28.6 Å². The monoisotopic (exact) mass is 473 g/mol. The number of nitro benzene ring substituents is 1. The van der Waals surface area contributed by atoms with Gasteiger partial charge in [0.15, 0.2) is 11.5 Å². The number of carbonyl (C=O) groups excluding carboxylic acids is 1. The average Bonchev–Trinajstić information content (AvgIpc) is 2.83. The third-order valence-corrected chi connectivity index (χ3v) is 5.93. The summed E-state index contributed by atoms with van der Waals surface area (Å²) in [7, 11) is -3.00. The Kier molecular flexibility index (Phi) is 7.27. The van der Waals surface area contributed by atoms with Crippen LogP contribution in [0, 0.1) is 21.4 Å². The molecule has 0 aliphatic carbocycles. The summed E-state index contributed by atoms with van der Waals surface area (Å²) < 4.78 is 40.7. The molecule has 3 rings (SSSR count). The lowest BCUT2D eigenvalue weighted by Gasteiger charge is -2.26. The Morgan fingerprint density at radius 1 is 1.18 bits per heavy atom. The summed E-state index contributed by atoms with van der Waals surface area (Å²) >= 11 is 0. The average molecular weight is 473 g/mol. The number of methoxy groups -OCH3 is 1. The Morgan fingerprint density at radius 3 is 2.42 bits per heavy atom. The molecule has 33 heavy (non-hydrogen) atoms. The summed E-state index contributed by atoms with van der Waals surface area (Å²) in [6.07, 6.45) is 1.37. The van der Waals surface area contributed by atoms with Gasteiger partial charge in [-0.15, -0.1) is 0 Å². The van der Waals surface area contributed by atoms with Crippen LogP contribution in [0.25, 0.3) is 6.08 Å². The van der Waals surface area contributed by atoms with E-state index in [-0.39, 0.29) is 27.7 Å². The van der Waals surface area contributed by atoms with Crippen molar-refractivity contribution in [2.75, 3.05) is 33.4 Å². The number of hydrogen-bond acceptors (Lipinski definition) is 9. The molecule has 0 unspecified atom stereocenters. The molecular weight excluding hydrogens is 454 g/mol. The van der Waals surface area contributed by atoms with Crippen molar-refractivity contribution in [1.82, 2.24) is 4.90 Å². The minimum atomic E-state index is -4.30. The Bertz CT molecular complexity index is 1230. The van der Waals surface area contributed by atoms with Crippen LogP contribution < -0.4 is 8.92 Å². The van der Waals surface area contributed by atoms with Crippen molar-refractivity contribution >= 4 is 27.8 Å². The lowest BCUT2D eigenvalue weighted by atomic mass is 10.1. The second kappa shape index (κ2) is 10.1. The minimum absolute atomic E-state index is 0.0466. The molecule has 0 bridgehead atoms. The zero-order chi connectivity index (χ0) is 24.0. The molecule has 2 aromatic carbocycles. The first-order valence-electron chi connectivity index (χ1n) is 9.61. The summed E-state index contributed by atoms with van der Waals surface area (Å²) in [6.45, 7) is 1.56. The highest BCUT2D eigenvalue weighted by molar-refractivity contribution is 7.87. The molecule has 2 aromatic rings. The summed E-state index contributed by atoms with van der Waals surface area (Å²) in [5.41, 5.74) is 0.0683. The molecular formula is C21H19N3O8S. The van der Waals surface area contributed by atoms with Gasteiger partial charge in [0.1, 0.15) is 16.5 Å². The standard InChI is InChI=1S/C21H19N3O8S/c1-30-20-13-15(12-16(14-22)21(25)23-8-10-31-11-9-23)2-7-19(20)32-33(28,29)18-5-3-17(4-6-18)24(26)27/h2-7,12-13H,8-11H2,1H3/b16-12+. The van der Waals surface area contributed by atoms with Crippen LogP contribution in [-0.4, -0.2) is 57.6 Å². The maximum atomic E-state index is 12.6. The highest BCUT2D eigenvalue weighted by Crippen LogP contribution is 2.32. The van der Waals surface area contributed by atoms with Crippen molar-refractivity contribution in [2.45, 2.75) is 4.90 Å². The molecule has 0 radical (unpaired) electrons. The highest BCUT2D eigenvalue weighted by atomic mass is 32.2. The lowest BCUT2D eigenvalue weighted by molar-refractivity contribution is -0.384. The summed E-state index contributed by atoms with van der Waals surface area (Å²) in [4.78, 5) is 23.9. The van der Waals surface area contributed by atoms with Crippen LogP contribution in [0.1, 0.15) is 5.56 Å². The van der Waals surface area contributed by atoms with Gasteiger partial charge >= 0.3 is 10.1 Å². The van der Waals surface area contributed by atoms with Gasteiger partial charge in [0, 0.05) is 25.2 Å². The largest absolute Gasteiger partial charge is 0.493 e. The molecule has 12 heteroatoms. The van der Waals surface area contributed by atoms with E-state index < -0.39 is 20.9 Å². The van der Waals surface area contributed by atoms with E-state index in [1.807, 2.05) is 6.07 Å². The molecule has 1 saturated heterocycles. The number of nitriles is 1. The van der Waals surface area contributed by atoms with E-state index in [2.05, 4.69) is 0 Å². The van der Waals surface area contributed by atoms with Gasteiger partial charge in [-0.1, -0.05) is 6.07 Å². The second-order valence-electron chi connectivity index (χ2n) is 6.77. The van der Waals surface area contributed by atoms with E-state index >= 15 is 0 Å². The van der Waals surface area contributed by atoms with E-state index in [1.165, 1.54) is 36.3 Å². The smallest absolute Gasteiger partial charge is 0.339 e. The lowest BCUT2D eigenvalue weighted by Crippen LogP contribution is -2.41. The zero-order valence-corrected chi connectivity index (χ0v) is 18.3. The first kappa shape index (κ1) is 23.7. The van der Waals surface area contributed by atoms with Gasteiger partial charge in [-0.2, -0.15) is 13.7 Å². The maximum Gasteiger partial charge on any atom is 0.339 e. The molecule has 1 aliphatic rings. The van der Waals surface area contributed by atoms with Gasteiger partial charge in [0.2, 0.25) is 0 Å². The van der Waals surface area contributed by atoms with Crippen LogP contribution in [0.2, 0.25) is 0 Å². The number of hydrogen-bond donors (Lipinski definition) is 0. The van der Waals surface area contributed by atoms with Gasteiger partial charge in [-0.25, -0.2) is 0 Å². The summed E-state index contributed by atoms with van der Waals surface area (Å²) in [5.74, 6) is -0.516. The molecule has 0 aromatic heterocycles. The SMILES string of the molecule is COc1cc(/C=C(\C#N)C(=O)N2CCOCC2)ccc1OS(=O)(=O)c1ccc([N+](=O)[O-])cc1. The van der Waals surface area contributed by atoms with E-state index in [1.54, 1.807) is 0 Å². The van der Waals surface area contributed by atoms with Crippen molar-refractivity contribution in [3.05, 3.63) is 63.7 Å². The number of benzene rings is 2. The number of nitro groups is 1. The van der Waals surface area contributed by atoms with Gasteiger partial charge in [-0.05, 0) is 35.9 Å². The van der Waals surface area contributed by atoms with Crippen molar-refractivity contribution in [3.8, 4) is 17.6 Å². The quantitative estimate of drug-likeness (QED) is 0.194. The van der Waals surface area contributed by atoms with Crippen molar-refractivity contribution < 1.29 is 31.8 Å². The zero-order valence-electron chi connectivity index (χ0n) is 17.5. The number of non-ortho nitro benzene ring substituents is 1. The normalized spacial score (nSPS) is 14.3. The van der Waals surface area contributed by atoms with E-state index in [4.69, 9.17) is 13.7 Å². The Hall–Kier alpha value is -3.95. The Balaban J connectivity index is 1.84. The van der Waals surface area contributed by atoms with Crippen LogP contribution in [0.4, 0.5) is 5.69 Å². The number of ether oxygens (including phenoxy) is 2. The predicted octanol–water partition coefficient (Wildman–Crippen LogP) is 2.14. The number of carbonyl (C=O) groups is 1. The highest BCUT2D eigenvalue weighted by Gasteiger charge is 2.22. The molecule has 0 saturated carbocycles. The predicted molar refractivity (Wildman–Crippen MR) is 115 cm³/mol. The topological polar surface area (TPSA) is 149 Å². The molecule has 1 heterocycles. The number of rotatable bonds is 7. The number of morpholine rings is 1. The van der Waals surface area contributed by atoms with Crippen LogP contribution in [-0.2, 0) is 19.6 Å². The molecule has 0 atom stereocenters. The maximum absolute atomic E-state index is 12.6. The number of nitrogens with zero attached hydrogens (tertiary/aromatic N) is 3. The molecule has 1 aliphatic heterocycles. The molecule has 0 N–H and O–H groups in total. The second-order valence-corrected chi connectivity index (χ2v) is 8.32. The molecule has 0 spiro atoms. The van der Waals surface area contributed by atoms with Gasteiger partial charge in [0.05, 0.1) is 25.2 Å². The fraction of sp³-hybridized carbons (Fsp3) is 0.238. The van der Waals surface area contributed by atoms with E-state index in [0.717, 1.165) is 24.3 Å². The summed E-state index contributed by atoms with van der Waals surface area (Å²) in [6, 6.07) is 10.3. The van der Waals surface area contributed by atoms with Crippen LogP contribution >= 0.6 is 0 Å². The third-order valence-electron chi connectivity index (χ3n) is 4.68. The van der Waals surface area contributed by atoms with Crippen LogP contribution in [0.15, 0.2) is 52.9 Å². The van der Waals surface area contributed by atoms with Gasteiger partial charge < -0.3 is 18.6 Å². The molecule has 1 fully saturated rings. The van der Waals surface area contributed by atoms with E-state index in [0.29, 0.717) is 31.9 Å². The fourth-order valence-electron chi connectivity index (χ4n) is 2.99. The minimum Gasteiger partial charge on any atom is -0.493 e. The molecule has 11 nitrogen and oxygen atoms in total. The fourth-order valence-corrected chi connectivity index (χ4v) is 3.93. The van der Waals surface area contributed by atoms with Crippen LogP contribution in [0.5, 0.6) is 11.5 Å². The summed E-state index contributed by atoms with van der Waals surface area (Å²) in [5, 5.41) is 20.2. The third kappa shape index (κ3) is 5.65.